The second kappa shape index (κ2) is 11.8. The monoisotopic (exact) mass is 416 g/mol. The van der Waals surface area contributed by atoms with Crippen molar-refractivity contribution in [3.63, 3.8) is 0 Å². The van der Waals surface area contributed by atoms with Crippen molar-refractivity contribution in [3.8, 4) is 0 Å². The minimum Gasteiger partial charge on any atom is -0.481 e. The van der Waals surface area contributed by atoms with Gasteiger partial charge in [-0.15, -0.1) is 0 Å². The maximum Gasteiger partial charge on any atom is 0.303 e. The minimum atomic E-state index is -0.686. The van der Waals surface area contributed by atoms with Crippen molar-refractivity contribution in [1.29, 1.82) is 0 Å². The molecule has 0 spiro atoms. The van der Waals surface area contributed by atoms with Gasteiger partial charge in [0.2, 0.25) is 0 Å². The van der Waals surface area contributed by atoms with Crippen LogP contribution in [0.4, 0.5) is 0 Å². The molecular weight excluding hydrogens is 384 g/mol. The van der Waals surface area contributed by atoms with Crippen molar-refractivity contribution in [2.45, 2.75) is 55.4 Å². The first kappa shape index (κ1) is 21.6. The van der Waals surface area contributed by atoms with Gasteiger partial charge in [-0.25, -0.2) is 0 Å². The number of unbranched alkanes of at least 4 members (excludes halogenated alkanes) is 1. The molecule has 152 valence electrons. The molecule has 2 bridgehead atoms. The van der Waals surface area contributed by atoms with Crippen molar-refractivity contribution in [2.24, 2.45) is 11.8 Å². The zero-order valence-electron chi connectivity index (χ0n) is 16.5. The Labute approximate surface area is 178 Å². The van der Waals surface area contributed by atoms with Crippen LogP contribution in [-0.2, 0) is 4.79 Å². The Morgan fingerprint density at radius 1 is 1.11 bits per heavy atom. The summed E-state index contributed by atoms with van der Waals surface area (Å²) in [6.07, 6.45) is 16.3. The van der Waals surface area contributed by atoms with Gasteiger partial charge in [0, 0.05) is 22.7 Å². The Morgan fingerprint density at radius 3 is 2.68 bits per heavy atom. The highest BCUT2D eigenvalue weighted by atomic mass is 32.2. The number of carbonyl (C=O) groups is 1. The molecule has 1 aromatic carbocycles. The van der Waals surface area contributed by atoms with Gasteiger partial charge in [0.25, 0.3) is 0 Å². The third-order valence-electron chi connectivity index (χ3n) is 5.85. The standard InChI is InChI=1S/C24H32O2S2/c25-24(26)13-7-2-1-6-12-20-21(23-15-14-22(20)28-23)16-18-27-17-8-11-19-9-4-3-5-10-19/h1,3-6,8-11,20-23H,2,7,12-18H2,(H,25,26)/t20-,21+,22-,23+/m1/s1. The molecule has 0 saturated carbocycles. The highest BCUT2D eigenvalue weighted by molar-refractivity contribution is 8.01. The molecule has 4 heteroatoms. The third kappa shape index (κ3) is 6.73. The summed E-state index contributed by atoms with van der Waals surface area (Å²) < 4.78 is 0. The van der Waals surface area contributed by atoms with Crippen LogP contribution >= 0.6 is 23.5 Å². The average Bonchev–Trinajstić information content (AvgIpc) is 3.30. The van der Waals surface area contributed by atoms with E-state index in [9.17, 15) is 4.79 Å². The molecular formula is C24H32O2S2. The molecule has 0 radical (unpaired) electrons. The fourth-order valence-corrected chi connectivity index (χ4v) is 7.34. The van der Waals surface area contributed by atoms with E-state index in [2.05, 4.69) is 78.2 Å². The highest BCUT2D eigenvalue weighted by Gasteiger charge is 2.46. The lowest BCUT2D eigenvalue weighted by atomic mass is 9.76. The lowest BCUT2D eigenvalue weighted by molar-refractivity contribution is -0.137. The molecule has 1 aromatic rings. The van der Waals surface area contributed by atoms with E-state index in [0.717, 1.165) is 40.9 Å². The normalized spacial score (nSPS) is 26.6. The topological polar surface area (TPSA) is 37.3 Å². The molecule has 2 saturated heterocycles. The molecule has 2 heterocycles. The van der Waals surface area contributed by atoms with Gasteiger partial charge in [0.15, 0.2) is 0 Å². The Hall–Kier alpha value is -1.13. The number of fused-ring (bicyclic) bond motifs is 2. The molecule has 4 atom stereocenters. The number of allylic oxidation sites excluding steroid dienone is 2. The van der Waals surface area contributed by atoms with Crippen LogP contribution in [0.2, 0.25) is 0 Å². The smallest absolute Gasteiger partial charge is 0.303 e. The van der Waals surface area contributed by atoms with Crippen molar-refractivity contribution >= 4 is 35.6 Å². The van der Waals surface area contributed by atoms with Gasteiger partial charge in [-0.1, -0.05) is 54.6 Å². The van der Waals surface area contributed by atoms with Gasteiger partial charge in [-0.3, -0.25) is 4.79 Å². The minimum absolute atomic E-state index is 0.285. The van der Waals surface area contributed by atoms with Crippen LogP contribution in [0.1, 0.15) is 50.5 Å². The molecule has 0 unspecified atom stereocenters. The SMILES string of the molecule is O=C(O)CCCC=CC[C@@H]1[C@H](CCSCC=Cc2ccccc2)[C@@H]2CC[C@H]1S2. The maximum atomic E-state index is 10.6. The first-order valence-electron chi connectivity index (χ1n) is 10.6. The van der Waals surface area contributed by atoms with Crippen LogP contribution in [0.5, 0.6) is 0 Å². The van der Waals surface area contributed by atoms with Crippen LogP contribution in [0.25, 0.3) is 6.08 Å². The van der Waals surface area contributed by atoms with Crippen LogP contribution in [0.15, 0.2) is 48.6 Å². The van der Waals surface area contributed by atoms with Crippen LogP contribution < -0.4 is 0 Å². The van der Waals surface area contributed by atoms with Gasteiger partial charge in [0.05, 0.1) is 0 Å². The average molecular weight is 417 g/mol. The Morgan fingerprint density at radius 2 is 1.89 bits per heavy atom. The molecule has 0 aromatic heterocycles. The third-order valence-corrected chi connectivity index (χ3v) is 8.67. The summed E-state index contributed by atoms with van der Waals surface area (Å²) in [5, 5.41) is 10.5. The van der Waals surface area contributed by atoms with Crippen molar-refractivity contribution in [2.75, 3.05) is 11.5 Å². The molecule has 0 amide bonds. The first-order chi connectivity index (χ1) is 13.7. The summed E-state index contributed by atoms with van der Waals surface area (Å²) in [6.45, 7) is 0. The molecule has 3 rings (SSSR count). The zero-order valence-corrected chi connectivity index (χ0v) is 18.2. The van der Waals surface area contributed by atoms with E-state index in [1.807, 2.05) is 0 Å². The van der Waals surface area contributed by atoms with Crippen molar-refractivity contribution in [3.05, 3.63) is 54.1 Å². The molecule has 2 aliphatic heterocycles. The molecule has 28 heavy (non-hydrogen) atoms. The molecule has 0 aliphatic carbocycles. The Kier molecular flexibility index (Phi) is 9.07. The van der Waals surface area contributed by atoms with E-state index in [0.29, 0.717) is 0 Å². The number of thioether (sulfide) groups is 2. The summed E-state index contributed by atoms with van der Waals surface area (Å²) in [7, 11) is 0. The first-order valence-corrected chi connectivity index (χ1v) is 12.7. The van der Waals surface area contributed by atoms with E-state index < -0.39 is 5.97 Å². The number of hydrogen-bond donors (Lipinski definition) is 1. The fraction of sp³-hybridized carbons (Fsp3) is 0.542. The quantitative estimate of drug-likeness (QED) is 0.310. The number of aliphatic carboxylic acids is 1. The van der Waals surface area contributed by atoms with Gasteiger partial charge in [-0.05, 0) is 61.7 Å². The Bertz CT molecular complexity index is 656. The number of benzene rings is 1. The van der Waals surface area contributed by atoms with E-state index in [1.165, 1.54) is 37.0 Å². The zero-order chi connectivity index (χ0) is 19.6. The van der Waals surface area contributed by atoms with Crippen LogP contribution in [0, 0.1) is 11.8 Å². The number of rotatable bonds is 12. The molecule has 2 fully saturated rings. The summed E-state index contributed by atoms with van der Waals surface area (Å²) in [4.78, 5) is 10.6. The predicted molar refractivity (Wildman–Crippen MR) is 124 cm³/mol. The van der Waals surface area contributed by atoms with E-state index in [1.54, 1.807) is 0 Å². The number of carboxylic acids is 1. The van der Waals surface area contributed by atoms with Crippen molar-refractivity contribution < 1.29 is 9.90 Å². The van der Waals surface area contributed by atoms with Gasteiger partial charge in [0.1, 0.15) is 0 Å². The lowest BCUT2D eigenvalue weighted by Gasteiger charge is -2.29. The Balaban J connectivity index is 1.35. The second-order valence-corrected chi connectivity index (χ2v) is 10.4. The summed E-state index contributed by atoms with van der Waals surface area (Å²) in [5.74, 6) is 3.37. The van der Waals surface area contributed by atoms with Crippen LogP contribution in [-0.4, -0.2) is 33.1 Å². The summed E-state index contributed by atoms with van der Waals surface area (Å²) >= 11 is 4.31. The molecule has 1 N–H and O–H groups in total. The largest absolute Gasteiger partial charge is 0.481 e. The van der Waals surface area contributed by atoms with Gasteiger partial charge >= 0.3 is 5.97 Å². The van der Waals surface area contributed by atoms with Crippen LogP contribution in [0.3, 0.4) is 0 Å². The maximum absolute atomic E-state index is 10.6. The molecule has 2 nitrogen and oxygen atoms in total. The summed E-state index contributed by atoms with van der Waals surface area (Å²) in [5.41, 5.74) is 1.28. The van der Waals surface area contributed by atoms with E-state index >= 15 is 0 Å². The lowest BCUT2D eigenvalue weighted by Crippen LogP contribution is -2.27. The van der Waals surface area contributed by atoms with Gasteiger partial charge in [-0.2, -0.15) is 23.5 Å². The number of carboxylic acid groups (broad SMARTS) is 1. The fourth-order valence-electron chi connectivity index (χ4n) is 4.46. The molecule has 2 aliphatic rings. The predicted octanol–water partition coefficient (Wildman–Crippen LogP) is 6.53. The second-order valence-electron chi connectivity index (χ2n) is 7.79. The number of hydrogen-bond acceptors (Lipinski definition) is 3. The van der Waals surface area contributed by atoms with E-state index in [-0.39, 0.29) is 6.42 Å². The van der Waals surface area contributed by atoms with E-state index in [4.69, 9.17) is 5.11 Å². The van der Waals surface area contributed by atoms with Crippen molar-refractivity contribution in [1.82, 2.24) is 0 Å². The summed E-state index contributed by atoms with van der Waals surface area (Å²) in [6, 6.07) is 10.5. The highest BCUT2D eigenvalue weighted by Crippen LogP contribution is 2.55. The van der Waals surface area contributed by atoms with Gasteiger partial charge < -0.3 is 5.11 Å².